The van der Waals surface area contributed by atoms with Gasteiger partial charge in [-0.05, 0) is 62.6 Å². The molecule has 0 radical (unpaired) electrons. The first-order valence-corrected chi connectivity index (χ1v) is 18.5. The summed E-state index contributed by atoms with van der Waals surface area (Å²) in [5.74, 6) is -9.06. The molecule has 1 N–H and O–H groups in total. The van der Waals surface area contributed by atoms with Crippen molar-refractivity contribution in [3.8, 4) is 0 Å². The van der Waals surface area contributed by atoms with Gasteiger partial charge >= 0.3 is 35.6 Å². The number of benzene rings is 3. The number of carbonyl (C=O) groups excluding carboxylic acids is 5. The van der Waals surface area contributed by atoms with E-state index in [4.69, 9.17) is 28.4 Å². The summed E-state index contributed by atoms with van der Waals surface area (Å²) in [6.45, 7) is 8.98. The monoisotopic (exact) mass is 766 g/mol. The number of aliphatic hydroxyl groups excluding tert-OH is 1. The first kappa shape index (κ1) is 40.1. The lowest BCUT2D eigenvalue weighted by Gasteiger charge is -2.66. The molecule has 0 aromatic heterocycles. The van der Waals surface area contributed by atoms with E-state index >= 15 is 0 Å². The predicted molar refractivity (Wildman–Crippen MR) is 202 cm³/mol. The summed E-state index contributed by atoms with van der Waals surface area (Å²) in [6, 6.07) is 25.7. The molecule has 1 heterocycles. The zero-order valence-corrected chi connectivity index (χ0v) is 32.1. The second-order valence-electron chi connectivity index (χ2n) is 15.1. The molecular formula is C44H46O12. The van der Waals surface area contributed by atoms with Gasteiger partial charge in [0.1, 0.15) is 29.3 Å². The molecule has 12 heteroatoms. The third-order valence-corrected chi connectivity index (χ3v) is 11.4. The van der Waals surface area contributed by atoms with Gasteiger partial charge < -0.3 is 33.5 Å². The average Bonchev–Trinajstić information content (AvgIpc) is 3.34. The van der Waals surface area contributed by atoms with Crippen LogP contribution in [0.1, 0.15) is 69.4 Å². The van der Waals surface area contributed by atoms with Crippen molar-refractivity contribution in [3.05, 3.63) is 120 Å². The number of ether oxygens (including phenoxy) is 6. The number of hydrogen-bond donors (Lipinski definition) is 1. The van der Waals surface area contributed by atoms with Crippen LogP contribution >= 0.6 is 0 Å². The molecule has 0 unspecified atom stereocenters. The standard InChI is InChI=1S/C44H46O12/c1-27-37(49)39(52-29(3)46)44(55-40(50)32-20-14-9-15-21-32,54-36(48)25-23-31-18-12-8-13-19-31)42(6)34(53-35(47)24-22-30-16-10-7-11-17-30)26-33-38(51-28(2)45)43(27,42)56-41(33,4)5/h7-25,27,33-34,37-39,49H,26H2,1-6H3/b24-22+,25-23+/t27-,33+,34-,37-,38+,39-,42+,43+,44-/m0/s1. The summed E-state index contributed by atoms with van der Waals surface area (Å²) in [5.41, 5.74) is -3.77. The SMILES string of the molecule is CC(=O)O[C@@H]1[C@H]2C[C@H](OC(=O)/C=C/c3ccccc3)[C@@]3(C)[C@@](OC(=O)/C=C/c4ccccc4)(OC(=O)c4ccccc4)[C@@H](OC(C)=O)[C@@H](O)[C@H](C)[C@@]13OC2(C)C. The average molecular weight is 767 g/mol. The van der Waals surface area contributed by atoms with E-state index in [9.17, 15) is 29.1 Å². The molecule has 2 saturated carbocycles. The van der Waals surface area contributed by atoms with Crippen LogP contribution in [0.15, 0.2) is 103 Å². The van der Waals surface area contributed by atoms with E-state index < -0.39 is 88.5 Å². The van der Waals surface area contributed by atoms with E-state index in [0.717, 1.165) is 13.0 Å². The van der Waals surface area contributed by atoms with Crippen LogP contribution in [-0.4, -0.2) is 76.4 Å². The molecule has 3 aliphatic rings. The summed E-state index contributed by atoms with van der Waals surface area (Å²) in [5, 5.41) is 12.4. The molecule has 2 aliphatic carbocycles. The van der Waals surface area contributed by atoms with Crippen LogP contribution in [0.3, 0.4) is 0 Å². The van der Waals surface area contributed by atoms with Crippen molar-refractivity contribution in [2.24, 2.45) is 17.3 Å². The summed E-state index contributed by atoms with van der Waals surface area (Å²) >= 11 is 0. The van der Waals surface area contributed by atoms with Gasteiger partial charge in [-0.25, -0.2) is 14.4 Å². The minimum Gasteiger partial charge on any atom is -0.459 e. The van der Waals surface area contributed by atoms with Crippen molar-refractivity contribution in [3.63, 3.8) is 0 Å². The van der Waals surface area contributed by atoms with Gasteiger partial charge in [0.2, 0.25) is 6.10 Å². The normalized spacial score (nSPS) is 31.6. The summed E-state index contributed by atoms with van der Waals surface area (Å²) in [6.07, 6.45) is -0.933. The number of aliphatic hydroxyl groups is 1. The highest BCUT2D eigenvalue weighted by Crippen LogP contribution is 2.71. The first-order valence-electron chi connectivity index (χ1n) is 18.5. The Morgan fingerprint density at radius 2 is 1.20 bits per heavy atom. The van der Waals surface area contributed by atoms with Gasteiger partial charge in [-0.1, -0.05) is 85.8 Å². The number of carbonyl (C=O) groups is 5. The second kappa shape index (κ2) is 15.5. The Hall–Kier alpha value is -5.59. The third-order valence-electron chi connectivity index (χ3n) is 11.4. The van der Waals surface area contributed by atoms with Gasteiger partial charge in [-0.3, -0.25) is 9.59 Å². The van der Waals surface area contributed by atoms with Gasteiger partial charge in [-0.15, -0.1) is 0 Å². The first-order chi connectivity index (χ1) is 26.6. The Morgan fingerprint density at radius 1 is 0.696 bits per heavy atom. The highest BCUT2D eigenvalue weighted by atomic mass is 16.8. The smallest absolute Gasteiger partial charge is 0.341 e. The molecule has 1 spiro atoms. The maximum atomic E-state index is 14.4. The molecule has 3 aromatic rings. The van der Waals surface area contributed by atoms with E-state index in [0.29, 0.717) is 11.1 Å². The lowest BCUT2D eigenvalue weighted by atomic mass is 9.46. The quantitative estimate of drug-likeness (QED) is 0.113. The second-order valence-corrected chi connectivity index (χ2v) is 15.1. The van der Waals surface area contributed by atoms with Gasteiger partial charge in [-0.2, -0.15) is 0 Å². The van der Waals surface area contributed by atoms with E-state index in [1.165, 1.54) is 38.1 Å². The van der Waals surface area contributed by atoms with Crippen molar-refractivity contribution in [1.29, 1.82) is 0 Å². The molecule has 3 aromatic carbocycles. The van der Waals surface area contributed by atoms with Gasteiger partial charge in [0, 0.05) is 37.8 Å². The fourth-order valence-electron chi connectivity index (χ4n) is 8.90. The molecule has 56 heavy (non-hydrogen) atoms. The van der Waals surface area contributed by atoms with Crippen molar-refractivity contribution < 1.29 is 57.5 Å². The summed E-state index contributed by atoms with van der Waals surface area (Å²) in [4.78, 5) is 68.5. The minimum atomic E-state index is -2.81. The number of esters is 5. The predicted octanol–water partition coefficient (Wildman–Crippen LogP) is 5.87. The Labute approximate surface area is 325 Å². The molecule has 3 fully saturated rings. The third kappa shape index (κ3) is 7.03. The van der Waals surface area contributed by atoms with Crippen LogP contribution in [0.2, 0.25) is 0 Å². The van der Waals surface area contributed by atoms with Crippen LogP contribution < -0.4 is 0 Å². The van der Waals surface area contributed by atoms with Crippen LogP contribution in [0.4, 0.5) is 0 Å². The van der Waals surface area contributed by atoms with Crippen molar-refractivity contribution >= 4 is 42.0 Å². The number of hydrogen-bond acceptors (Lipinski definition) is 12. The van der Waals surface area contributed by atoms with Gasteiger partial charge in [0.15, 0.2) is 0 Å². The Balaban J connectivity index is 1.62. The Kier molecular flexibility index (Phi) is 11.1. The van der Waals surface area contributed by atoms with Crippen LogP contribution in [0.5, 0.6) is 0 Å². The maximum absolute atomic E-state index is 14.4. The molecule has 294 valence electrons. The molecule has 1 aliphatic heterocycles. The van der Waals surface area contributed by atoms with E-state index in [-0.39, 0.29) is 12.0 Å². The minimum absolute atomic E-state index is 0.0207. The van der Waals surface area contributed by atoms with E-state index in [1.54, 1.807) is 87.5 Å². The zero-order valence-electron chi connectivity index (χ0n) is 32.1. The number of rotatable bonds is 10. The molecule has 0 amide bonds. The zero-order chi connectivity index (χ0) is 40.5. The lowest BCUT2D eigenvalue weighted by Crippen LogP contribution is -2.85. The Bertz CT molecular complexity index is 2010. The van der Waals surface area contributed by atoms with Crippen LogP contribution in [-0.2, 0) is 47.6 Å². The van der Waals surface area contributed by atoms with Crippen LogP contribution in [0.25, 0.3) is 12.2 Å². The molecular weight excluding hydrogens is 720 g/mol. The van der Waals surface area contributed by atoms with Crippen molar-refractivity contribution in [2.45, 2.75) is 89.4 Å². The van der Waals surface area contributed by atoms with Gasteiger partial charge in [0.05, 0.1) is 11.2 Å². The largest absolute Gasteiger partial charge is 0.459 e. The van der Waals surface area contributed by atoms with Crippen molar-refractivity contribution in [2.75, 3.05) is 0 Å². The fraction of sp³-hybridized carbons (Fsp3) is 0.386. The highest BCUT2D eigenvalue weighted by molar-refractivity contribution is 5.91. The number of fused-ring (bicyclic) bond motifs is 1. The highest BCUT2D eigenvalue weighted by Gasteiger charge is 2.88. The fourth-order valence-corrected chi connectivity index (χ4v) is 8.90. The molecule has 1 saturated heterocycles. The van der Waals surface area contributed by atoms with Gasteiger partial charge in [0.25, 0.3) is 0 Å². The molecule has 9 atom stereocenters. The van der Waals surface area contributed by atoms with E-state index in [1.807, 2.05) is 18.2 Å². The molecule has 2 bridgehead atoms. The van der Waals surface area contributed by atoms with E-state index in [2.05, 4.69) is 0 Å². The topological polar surface area (TPSA) is 161 Å². The lowest BCUT2D eigenvalue weighted by molar-refractivity contribution is -0.411. The van der Waals surface area contributed by atoms with Crippen molar-refractivity contribution in [1.82, 2.24) is 0 Å². The molecule has 6 rings (SSSR count). The van der Waals surface area contributed by atoms with Crippen LogP contribution in [0, 0.1) is 17.3 Å². The summed E-state index contributed by atoms with van der Waals surface area (Å²) in [7, 11) is 0. The molecule has 12 nitrogen and oxygen atoms in total. The summed E-state index contributed by atoms with van der Waals surface area (Å²) < 4.78 is 38.1. The maximum Gasteiger partial charge on any atom is 0.341 e. The Morgan fingerprint density at radius 3 is 1.73 bits per heavy atom.